The third kappa shape index (κ3) is 3.05. The highest BCUT2D eigenvalue weighted by molar-refractivity contribution is 6.62. The highest BCUT2D eigenvalue weighted by atomic mass is 16.7. The summed E-state index contributed by atoms with van der Waals surface area (Å²) >= 11 is 0. The molecule has 4 nitrogen and oxygen atoms in total. The lowest BCUT2D eigenvalue weighted by Crippen LogP contribution is -2.42. The van der Waals surface area contributed by atoms with E-state index >= 15 is 0 Å². The van der Waals surface area contributed by atoms with Crippen LogP contribution in [0.4, 0.5) is 0 Å². The van der Waals surface area contributed by atoms with Crippen LogP contribution in [-0.4, -0.2) is 42.7 Å². The van der Waals surface area contributed by atoms with E-state index in [0.29, 0.717) is 17.8 Å². The molecule has 1 aromatic rings. The number of hydrogen-bond donors (Lipinski definition) is 1. The fraction of sp³-hybridized carbons (Fsp3) is 0.700. The zero-order valence-electron chi connectivity index (χ0n) is 15.7. The summed E-state index contributed by atoms with van der Waals surface area (Å²) in [6.07, 6.45) is 1.53. The summed E-state index contributed by atoms with van der Waals surface area (Å²) in [6.45, 7) is 9.84. The Labute approximate surface area is 151 Å². The van der Waals surface area contributed by atoms with Crippen LogP contribution in [0.15, 0.2) is 24.3 Å². The summed E-state index contributed by atoms with van der Waals surface area (Å²) < 4.78 is 18.0. The van der Waals surface area contributed by atoms with Gasteiger partial charge >= 0.3 is 7.12 Å². The number of aliphatic hydroxyl groups is 1. The van der Waals surface area contributed by atoms with Gasteiger partial charge in [-0.25, -0.2) is 0 Å². The van der Waals surface area contributed by atoms with Gasteiger partial charge in [-0.15, -0.1) is 0 Å². The summed E-state index contributed by atoms with van der Waals surface area (Å²) in [5.74, 6) is 1.33. The lowest BCUT2D eigenvalue weighted by Gasteiger charge is -2.44. The first-order chi connectivity index (χ1) is 11.8. The molecule has 2 aliphatic heterocycles. The summed E-state index contributed by atoms with van der Waals surface area (Å²) in [4.78, 5) is 0. The molecule has 2 bridgehead atoms. The Balaban J connectivity index is 1.53. The van der Waals surface area contributed by atoms with Crippen LogP contribution >= 0.6 is 0 Å². The van der Waals surface area contributed by atoms with Gasteiger partial charge in [-0.1, -0.05) is 24.3 Å². The monoisotopic (exact) mass is 344 g/mol. The second-order valence-electron chi connectivity index (χ2n) is 8.96. The van der Waals surface area contributed by atoms with Gasteiger partial charge in [0.05, 0.1) is 30.5 Å². The second-order valence-corrected chi connectivity index (χ2v) is 8.96. The van der Waals surface area contributed by atoms with Crippen LogP contribution in [0.1, 0.15) is 52.0 Å². The van der Waals surface area contributed by atoms with Gasteiger partial charge < -0.3 is 19.2 Å². The van der Waals surface area contributed by atoms with E-state index in [1.165, 1.54) is 5.56 Å². The number of hydrogen-bond acceptors (Lipinski definition) is 4. The SMILES string of the molecule is CC1(C)OB(c2ccc(C3[C@@H]4COC[C@H]3CC(O)C4)cc2)OC1(C)C. The van der Waals surface area contributed by atoms with Crippen molar-refractivity contribution in [2.45, 2.75) is 63.8 Å². The molecule has 1 aliphatic carbocycles. The Morgan fingerprint density at radius 3 is 1.96 bits per heavy atom. The third-order valence-electron chi connectivity index (χ3n) is 6.68. The highest BCUT2D eigenvalue weighted by Gasteiger charge is 2.51. The van der Waals surface area contributed by atoms with E-state index in [1.54, 1.807) is 0 Å². The van der Waals surface area contributed by atoms with E-state index < -0.39 is 0 Å². The molecule has 3 aliphatic rings. The van der Waals surface area contributed by atoms with Crippen molar-refractivity contribution in [3.63, 3.8) is 0 Å². The molecule has 136 valence electrons. The maximum atomic E-state index is 10.1. The molecule has 0 radical (unpaired) electrons. The third-order valence-corrected chi connectivity index (χ3v) is 6.68. The summed E-state index contributed by atoms with van der Waals surface area (Å²) in [7, 11) is -0.310. The zero-order chi connectivity index (χ0) is 17.8. The van der Waals surface area contributed by atoms with E-state index in [4.69, 9.17) is 14.0 Å². The quantitative estimate of drug-likeness (QED) is 0.838. The Hall–Kier alpha value is -0.875. The minimum atomic E-state index is -0.315. The molecule has 1 N–H and O–H groups in total. The molecule has 25 heavy (non-hydrogen) atoms. The van der Waals surface area contributed by atoms with Crippen LogP contribution in [0.25, 0.3) is 0 Å². The molecule has 0 spiro atoms. The van der Waals surface area contributed by atoms with Gasteiger partial charge in [0.2, 0.25) is 0 Å². The van der Waals surface area contributed by atoms with Crippen molar-refractivity contribution in [1.82, 2.24) is 0 Å². The zero-order valence-corrected chi connectivity index (χ0v) is 15.7. The van der Waals surface area contributed by atoms with E-state index in [1.807, 2.05) is 0 Å². The molecule has 4 rings (SSSR count). The summed E-state index contributed by atoms with van der Waals surface area (Å²) in [5.41, 5.74) is 1.79. The molecule has 3 fully saturated rings. The van der Waals surface area contributed by atoms with E-state index in [2.05, 4.69) is 52.0 Å². The lowest BCUT2D eigenvalue weighted by atomic mass is 9.66. The van der Waals surface area contributed by atoms with Crippen molar-refractivity contribution < 1.29 is 19.2 Å². The van der Waals surface area contributed by atoms with Crippen LogP contribution in [0, 0.1) is 11.8 Å². The van der Waals surface area contributed by atoms with Crippen LogP contribution < -0.4 is 5.46 Å². The van der Waals surface area contributed by atoms with Crippen molar-refractivity contribution in [2.24, 2.45) is 11.8 Å². The van der Waals surface area contributed by atoms with Gasteiger partial charge in [-0.3, -0.25) is 0 Å². The maximum Gasteiger partial charge on any atom is 0.494 e. The minimum absolute atomic E-state index is 0.167. The fourth-order valence-electron chi connectivity index (χ4n) is 4.59. The normalized spacial score (nSPS) is 36.4. The number of ether oxygens (including phenoxy) is 1. The molecule has 1 aromatic carbocycles. The lowest BCUT2D eigenvalue weighted by molar-refractivity contribution is -0.0672. The molecule has 1 saturated carbocycles. The Kier molecular flexibility index (Phi) is 4.27. The fourth-order valence-corrected chi connectivity index (χ4v) is 4.59. The molecule has 5 heteroatoms. The van der Waals surface area contributed by atoms with Gasteiger partial charge in [0.1, 0.15) is 0 Å². The van der Waals surface area contributed by atoms with E-state index in [-0.39, 0.29) is 24.4 Å². The van der Waals surface area contributed by atoms with Gasteiger partial charge in [0, 0.05) is 0 Å². The van der Waals surface area contributed by atoms with Gasteiger partial charge in [-0.05, 0) is 69.3 Å². The van der Waals surface area contributed by atoms with Crippen molar-refractivity contribution in [2.75, 3.05) is 13.2 Å². The maximum absolute atomic E-state index is 10.1. The van der Waals surface area contributed by atoms with Crippen LogP contribution in [0.3, 0.4) is 0 Å². The van der Waals surface area contributed by atoms with Crippen LogP contribution in [0.5, 0.6) is 0 Å². The van der Waals surface area contributed by atoms with Crippen LogP contribution in [0.2, 0.25) is 0 Å². The smallest absolute Gasteiger partial charge is 0.399 e. The largest absolute Gasteiger partial charge is 0.494 e. The minimum Gasteiger partial charge on any atom is -0.399 e. The van der Waals surface area contributed by atoms with E-state index in [0.717, 1.165) is 31.5 Å². The van der Waals surface area contributed by atoms with Crippen LogP contribution in [-0.2, 0) is 14.0 Å². The summed E-state index contributed by atoms with van der Waals surface area (Å²) in [5, 5.41) is 10.1. The first-order valence-electron chi connectivity index (χ1n) is 9.48. The first-order valence-corrected chi connectivity index (χ1v) is 9.48. The molecule has 2 saturated heterocycles. The Morgan fingerprint density at radius 2 is 1.44 bits per heavy atom. The van der Waals surface area contributed by atoms with Crippen molar-refractivity contribution in [1.29, 1.82) is 0 Å². The predicted molar refractivity (Wildman–Crippen MR) is 97.9 cm³/mol. The average molecular weight is 344 g/mol. The molecule has 0 aromatic heterocycles. The van der Waals surface area contributed by atoms with Gasteiger partial charge in [0.15, 0.2) is 0 Å². The molecule has 2 unspecified atom stereocenters. The summed E-state index contributed by atoms with van der Waals surface area (Å²) in [6, 6.07) is 8.71. The van der Waals surface area contributed by atoms with Crippen molar-refractivity contribution >= 4 is 12.6 Å². The standard InChI is InChI=1S/C20H29BO4/c1-19(2)20(3,4)25-21(24-19)16-7-5-13(6-8-16)18-14-9-17(22)10-15(18)12-23-11-14/h5-8,14-15,17-18,22H,9-12H2,1-4H3/t14-,15+,17?,18?. The topological polar surface area (TPSA) is 47.9 Å². The van der Waals surface area contributed by atoms with Gasteiger partial charge in [-0.2, -0.15) is 0 Å². The number of rotatable bonds is 2. The first kappa shape index (κ1) is 17.5. The second kappa shape index (κ2) is 6.09. The van der Waals surface area contributed by atoms with Crippen molar-refractivity contribution in [3.05, 3.63) is 29.8 Å². The molecule has 2 heterocycles. The molecular formula is C20H29BO4. The number of fused-ring (bicyclic) bond motifs is 2. The number of benzene rings is 1. The predicted octanol–water partition coefficient (Wildman–Crippen LogP) is 2.49. The van der Waals surface area contributed by atoms with Gasteiger partial charge in [0.25, 0.3) is 0 Å². The number of aliphatic hydroxyl groups excluding tert-OH is 1. The molecule has 0 amide bonds. The molecule has 4 atom stereocenters. The molecular weight excluding hydrogens is 315 g/mol. The van der Waals surface area contributed by atoms with Crippen molar-refractivity contribution in [3.8, 4) is 0 Å². The Bertz CT molecular complexity index is 597. The average Bonchev–Trinajstić information content (AvgIpc) is 2.75. The Morgan fingerprint density at radius 1 is 0.920 bits per heavy atom. The van der Waals surface area contributed by atoms with E-state index in [9.17, 15) is 5.11 Å². The highest BCUT2D eigenvalue weighted by Crippen LogP contribution is 2.45.